The van der Waals surface area contributed by atoms with E-state index in [1.807, 2.05) is 0 Å². The first kappa shape index (κ1) is 17.2. The van der Waals surface area contributed by atoms with Crippen molar-refractivity contribution in [1.29, 1.82) is 0 Å². The maximum absolute atomic E-state index is 4.86. The van der Waals surface area contributed by atoms with E-state index >= 15 is 0 Å². The zero-order valence-corrected chi connectivity index (χ0v) is 15.5. The fourth-order valence-electron chi connectivity index (χ4n) is 3.71. The number of fused-ring (bicyclic) bond motifs is 1. The van der Waals surface area contributed by atoms with E-state index < -0.39 is 0 Å². The molecule has 134 valence electrons. The summed E-state index contributed by atoms with van der Waals surface area (Å²) in [5.41, 5.74) is 0.389. The zero-order chi connectivity index (χ0) is 17.0. The molecule has 0 aliphatic carbocycles. The number of hydrogen-bond donors (Lipinski definition) is 1. The molecule has 0 atom stereocenters. The summed E-state index contributed by atoms with van der Waals surface area (Å²) in [7, 11) is 0. The minimum atomic E-state index is 0.389. The lowest BCUT2D eigenvalue weighted by Crippen LogP contribution is -2.40. The van der Waals surface area contributed by atoms with E-state index in [9.17, 15) is 0 Å². The van der Waals surface area contributed by atoms with E-state index in [4.69, 9.17) is 4.99 Å². The van der Waals surface area contributed by atoms with Crippen LogP contribution in [0.1, 0.15) is 58.1 Å². The van der Waals surface area contributed by atoms with Gasteiger partial charge in [0.1, 0.15) is 11.6 Å². The largest absolute Gasteiger partial charge is 0.357 e. The first-order valence-corrected chi connectivity index (χ1v) is 9.53. The molecule has 6 heteroatoms. The fraction of sp³-hybridized carbons (Fsp3) is 0.833. The molecule has 0 saturated carbocycles. The summed E-state index contributed by atoms with van der Waals surface area (Å²) in [5, 5.41) is 12.2. The number of rotatable bonds is 4. The summed E-state index contributed by atoms with van der Waals surface area (Å²) < 4.78 is 2.33. The molecule has 2 aliphatic rings. The van der Waals surface area contributed by atoms with E-state index in [2.05, 4.69) is 45.8 Å². The van der Waals surface area contributed by atoms with Crippen molar-refractivity contribution in [2.45, 2.75) is 65.8 Å². The highest BCUT2D eigenvalue weighted by molar-refractivity contribution is 5.80. The minimum Gasteiger partial charge on any atom is -0.357 e. The van der Waals surface area contributed by atoms with Crippen LogP contribution < -0.4 is 5.32 Å². The Hall–Kier alpha value is -1.59. The van der Waals surface area contributed by atoms with Gasteiger partial charge in [-0.2, -0.15) is 0 Å². The second kappa shape index (κ2) is 7.53. The van der Waals surface area contributed by atoms with Crippen molar-refractivity contribution in [2.75, 3.05) is 26.2 Å². The summed E-state index contributed by atoms with van der Waals surface area (Å²) in [4.78, 5) is 7.26. The van der Waals surface area contributed by atoms with E-state index in [1.54, 1.807) is 0 Å². The molecule has 3 rings (SSSR count). The van der Waals surface area contributed by atoms with Crippen LogP contribution in [-0.2, 0) is 19.4 Å². The smallest absolute Gasteiger partial charge is 0.193 e. The average Bonchev–Trinajstić information content (AvgIpc) is 3.01. The van der Waals surface area contributed by atoms with Crippen molar-refractivity contribution in [3.8, 4) is 0 Å². The molecular formula is C18H32N6. The molecular weight excluding hydrogens is 300 g/mol. The molecule has 0 unspecified atom stereocenters. The van der Waals surface area contributed by atoms with Gasteiger partial charge in [0, 0.05) is 45.6 Å². The molecule has 6 nitrogen and oxygen atoms in total. The van der Waals surface area contributed by atoms with Gasteiger partial charge in [0.05, 0.1) is 0 Å². The number of hydrogen-bond acceptors (Lipinski definition) is 3. The normalized spacial score (nSPS) is 20.8. The summed E-state index contributed by atoms with van der Waals surface area (Å²) in [6.45, 7) is 11.7. The van der Waals surface area contributed by atoms with Crippen LogP contribution in [0.4, 0.5) is 0 Å². The molecule has 2 aliphatic heterocycles. The minimum absolute atomic E-state index is 0.389. The van der Waals surface area contributed by atoms with Gasteiger partial charge in [0.25, 0.3) is 0 Å². The van der Waals surface area contributed by atoms with Gasteiger partial charge in [-0.25, -0.2) is 0 Å². The topological polar surface area (TPSA) is 58.3 Å². The van der Waals surface area contributed by atoms with Crippen LogP contribution in [0, 0.1) is 5.41 Å². The standard InChI is InChI=1S/C18H32N6/c1-4-19-17(23-13-10-18(2,3)14-23)20-11-9-16-22-21-15-8-6-5-7-12-24(15)16/h4-14H2,1-3H3,(H,19,20). The highest BCUT2D eigenvalue weighted by Gasteiger charge is 2.30. The number of aliphatic imine (C=N–C) groups is 1. The summed E-state index contributed by atoms with van der Waals surface area (Å²) in [6, 6.07) is 0. The monoisotopic (exact) mass is 332 g/mol. The SMILES string of the molecule is CCNC(=NCCc1nnc2n1CCCCC2)N1CCC(C)(C)C1. The van der Waals surface area contributed by atoms with Gasteiger partial charge in [-0.15, -0.1) is 10.2 Å². The predicted octanol–water partition coefficient (Wildman–Crippen LogP) is 2.24. The molecule has 1 fully saturated rings. The number of nitrogens with zero attached hydrogens (tertiary/aromatic N) is 5. The van der Waals surface area contributed by atoms with E-state index in [0.29, 0.717) is 5.41 Å². The van der Waals surface area contributed by atoms with Gasteiger partial charge in [0.2, 0.25) is 0 Å². The highest BCUT2D eigenvalue weighted by Crippen LogP contribution is 2.28. The zero-order valence-electron chi connectivity index (χ0n) is 15.5. The van der Waals surface area contributed by atoms with Gasteiger partial charge in [-0.3, -0.25) is 4.99 Å². The number of nitrogens with one attached hydrogen (secondary N) is 1. The number of aromatic nitrogens is 3. The lowest BCUT2D eigenvalue weighted by Gasteiger charge is -2.23. The van der Waals surface area contributed by atoms with E-state index in [-0.39, 0.29) is 0 Å². The molecule has 0 bridgehead atoms. The predicted molar refractivity (Wildman–Crippen MR) is 97.2 cm³/mol. The summed E-state index contributed by atoms with van der Waals surface area (Å²) in [6.07, 6.45) is 6.96. The highest BCUT2D eigenvalue weighted by atomic mass is 15.3. The van der Waals surface area contributed by atoms with Crippen molar-refractivity contribution < 1.29 is 0 Å². The lowest BCUT2D eigenvalue weighted by atomic mass is 9.93. The Labute approximate surface area is 145 Å². The maximum atomic E-state index is 4.86. The Morgan fingerprint density at radius 3 is 2.83 bits per heavy atom. The molecule has 0 radical (unpaired) electrons. The van der Waals surface area contributed by atoms with Crippen LogP contribution in [0.3, 0.4) is 0 Å². The number of aryl methyl sites for hydroxylation is 1. The van der Waals surface area contributed by atoms with Crippen molar-refractivity contribution >= 4 is 5.96 Å². The molecule has 1 aromatic rings. The van der Waals surface area contributed by atoms with Crippen molar-refractivity contribution in [1.82, 2.24) is 25.0 Å². The van der Waals surface area contributed by atoms with Gasteiger partial charge < -0.3 is 14.8 Å². The Balaban J connectivity index is 1.62. The number of guanidine groups is 1. The quantitative estimate of drug-likeness (QED) is 0.679. The third-order valence-corrected chi connectivity index (χ3v) is 5.09. The van der Waals surface area contributed by atoms with Gasteiger partial charge in [0.15, 0.2) is 5.96 Å². The van der Waals surface area contributed by atoms with Gasteiger partial charge >= 0.3 is 0 Å². The molecule has 0 aromatic carbocycles. The summed E-state index contributed by atoms with van der Waals surface area (Å²) in [5.74, 6) is 3.33. The van der Waals surface area contributed by atoms with Crippen LogP contribution in [-0.4, -0.2) is 51.8 Å². The van der Waals surface area contributed by atoms with Crippen molar-refractivity contribution in [3.63, 3.8) is 0 Å². The molecule has 24 heavy (non-hydrogen) atoms. The van der Waals surface area contributed by atoms with Crippen molar-refractivity contribution in [2.24, 2.45) is 10.4 Å². The Morgan fingerprint density at radius 2 is 2.08 bits per heavy atom. The third-order valence-electron chi connectivity index (χ3n) is 5.09. The van der Waals surface area contributed by atoms with Crippen LogP contribution in [0.5, 0.6) is 0 Å². The van der Waals surface area contributed by atoms with E-state index in [1.165, 1.54) is 31.5 Å². The summed E-state index contributed by atoms with van der Waals surface area (Å²) >= 11 is 0. The first-order valence-electron chi connectivity index (χ1n) is 9.53. The van der Waals surface area contributed by atoms with Gasteiger partial charge in [-0.1, -0.05) is 20.3 Å². The second-order valence-electron chi connectivity index (χ2n) is 7.82. The molecule has 1 N–H and O–H groups in total. The van der Waals surface area contributed by atoms with Gasteiger partial charge in [-0.05, 0) is 31.6 Å². The van der Waals surface area contributed by atoms with Crippen LogP contribution in [0.2, 0.25) is 0 Å². The van der Waals surface area contributed by atoms with E-state index in [0.717, 1.165) is 57.3 Å². The molecule has 3 heterocycles. The molecule has 1 saturated heterocycles. The molecule has 1 aromatic heterocycles. The Kier molecular flexibility index (Phi) is 5.41. The second-order valence-corrected chi connectivity index (χ2v) is 7.82. The van der Waals surface area contributed by atoms with Crippen LogP contribution in [0.15, 0.2) is 4.99 Å². The molecule has 0 amide bonds. The average molecular weight is 332 g/mol. The van der Waals surface area contributed by atoms with Crippen LogP contribution >= 0.6 is 0 Å². The van der Waals surface area contributed by atoms with Crippen molar-refractivity contribution in [3.05, 3.63) is 11.6 Å². The molecule has 0 spiro atoms. The third kappa shape index (κ3) is 4.08. The Bertz CT molecular complexity index is 574. The lowest BCUT2D eigenvalue weighted by molar-refractivity contribution is 0.370. The first-order chi connectivity index (χ1) is 11.6. The maximum Gasteiger partial charge on any atom is 0.193 e. The Morgan fingerprint density at radius 1 is 1.21 bits per heavy atom. The number of likely N-dealkylation sites (tertiary alicyclic amines) is 1. The van der Waals surface area contributed by atoms with Crippen LogP contribution in [0.25, 0.3) is 0 Å². The fourth-order valence-corrected chi connectivity index (χ4v) is 3.71.